The van der Waals surface area contributed by atoms with Crippen LogP contribution in [0.2, 0.25) is 0 Å². The number of hydrogen-bond acceptors (Lipinski definition) is 5. The van der Waals surface area contributed by atoms with E-state index in [1.54, 1.807) is 0 Å². The summed E-state index contributed by atoms with van der Waals surface area (Å²) in [5.41, 5.74) is 2.53. The van der Waals surface area contributed by atoms with Gasteiger partial charge in [-0.05, 0) is 24.6 Å². The van der Waals surface area contributed by atoms with Crippen molar-refractivity contribution in [3.05, 3.63) is 30.4 Å². The predicted molar refractivity (Wildman–Crippen MR) is 59.7 cm³/mol. The van der Waals surface area contributed by atoms with Crippen LogP contribution in [-0.4, -0.2) is 35.3 Å². The summed E-state index contributed by atoms with van der Waals surface area (Å²) in [6.07, 6.45) is 2.90. The molecule has 3 heterocycles. The lowest BCUT2D eigenvalue weighted by atomic mass is 10.2. The first-order valence-electron chi connectivity index (χ1n) is 5.03. The van der Waals surface area contributed by atoms with Crippen molar-refractivity contribution in [1.29, 1.82) is 0 Å². The Morgan fingerprint density at radius 2 is 1.41 bits per heavy atom. The van der Waals surface area contributed by atoms with Crippen molar-refractivity contribution < 1.29 is 0 Å². The molecule has 3 aromatic rings. The first-order valence-corrected chi connectivity index (χ1v) is 5.03. The summed E-state index contributed by atoms with van der Waals surface area (Å²) in [5, 5.41) is 13.2. The smallest absolute Gasteiger partial charge is 0.174 e. The Bertz CT molecular complexity index is 560. The van der Waals surface area contributed by atoms with Crippen LogP contribution in [0.4, 0.5) is 0 Å². The standard InChI is InChI=1S/C10H9N7/c1-6-2-7(9-11-4-13-16-9)15-8(3-6)10-12-5-14-17-10/h2-5H,1H3,(H,11,13,16)(H,12,14,17). The lowest BCUT2D eigenvalue weighted by molar-refractivity contribution is 1.07. The van der Waals surface area contributed by atoms with Crippen molar-refractivity contribution >= 4 is 0 Å². The fourth-order valence-electron chi connectivity index (χ4n) is 1.57. The molecule has 0 bridgehead atoms. The maximum Gasteiger partial charge on any atom is 0.174 e. The number of nitrogens with zero attached hydrogens (tertiary/aromatic N) is 5. The van der Waals surface area contributed by atoms with Gasteiger partial charge in [0.15, 0.2) is 11.6 Å². The molecule has 0 aliphatic carbocycles. The van der Waals surface area contributed by atoms with Gasteiger partial charge in [-0.25, -0.2) is 15.0 Å². The SMILES string of the molecule is Cc1cc(-c2ncn[nH]2)nc(-c2ncn[nH]2)c1. The number of pyridine rings is 1. The van der Waals surface area contributed by atoms with Crippen LogP contribution in [0.15, 0.2) is 24.8 Å². The third-order valence-corrected chi connectivity index (χ3v) is 2.28. The van der Waals surface area contributed by atoms with E-state index in [2.05, 4.69) is 35.3 Å². The summed E-state index contributed by atoms with van der Waals surface area (Å²) in [5.74, 6) is 1.27. The minimum Gasteiger partial charge on any atom is -0.258 e. The van der Waals surface area contributed by atoms with Gasteiger partial charge in [0.2, 0.25) is 0 Å². The van der Waals surface area contributed by atoms with E-state index >= 15 is 0 Å². The van der Waals surface area contributed by atoms with Gasteiger partial charge in [-0.2, -0.15) is 10.2 Å². The van der Waals surface area contributed by atoms with E-state index < -0.39 is 0 Å². The van der Waals surface area contributed by atoms with Gasteiger partial charge < -0.3 is 0 Å². The molecule has 7 heteroatoms. The highest BCUT2D eigenvalue weighted by atomic mass is 15.2. The molecular formula is C10H9N7. The second-order valence-corrected chi connectivity index (χ2v) is 3.58. The number of aromatic amines is 2. The number of aromatic nitrogens is 7. The molecule has 3 aromatic heterocycles. The van der Waals surface area contributed by atoms with Gasteiger partial charge in [0.25, 0.3) is 0 Å². The molecule has 0 amide bonds. The molecule has 7 nitrogen and oxygen atoms in total. The van der Waals surface area contributed by atoms with E-state index in [-0.39, 0.29) is 0 Å². The molecule has 0 saturated heterocycles. The summed E-state index contributed by atoms with van der Waals surface area (Å²) >= 11 is 0. The molecule has 17 heavy (non-hydrogen) atoms. The zero-order chi connectivity index (χ0) is 11.7. The second kappa shape index (κ2) is 3.78. The third-order valence-electron chi connectivity index (χ3n) is 2.28. The molecular weight excluding hydrogens is 218 g/mol. The summed E-state index contributed by atoms with van der Waals surface area (Å²) in [6, 6.07) is 3.86. The van der Waals surface area contributed by atoms with Gasteiger partial charge in [-0.3, -0.25) is 10.2 Å². The Hall–Kier alpha value is -2.57. The first kappa shape index (κ1) is 9.64. The zero-order valence-electron chi connectivity index (χ0n) is 9.05. The van der Waals surface area contributed by atoms with Crippen molar-refractivity contribution in [2.45, 2.75) is 6.92 Å². The van der Waals surface area contributed by atoms with Gasteiger partial charge in [0.1, 0.15) is 24.0 Å². The fourth-order valence-corrected chi connectivity index (χ4v) is 1.57. The van der Waals surface area contributed by atoms with E-state index in [0.29, 0.717) is 11.6 Å². The van der Waals surface area contributed by atoms with E-state index in [1.165, 1.54) is 12.7 Å². The third kappa shape index (κ3) is 1.78. The summed E-state index contributed by atoms with van der Waals surface area (Å²) in [7, 11) is 0. The van der Waals surface area contributed by atoms with E-state index in [1.807, 2.05) is 19.1 Å². The maximum atomic E-state index is 4.45. The lowest BCUT2D eigenvalue weighted by Gasteiger charge is -2.02. The topological polar surface area (TPSA) is 96.0 Å². The Balaban J connectivity index is 2.13. The Morgan fingerprint density at radius 3 is 1.82 bits per heavy atom. The van der Waals surface area contributed by atoms with Gasteiger partial charge in [-0.1, -0.05) is 0 Å². The average molecular weight is 227 g/mol. The predicted octanol–water partition coefficient (Wildman–Crippen LogP) is 0.960. The molecule has 0 spiro atoms. The maximum absolute atomic E-state index is 4.45. The number of nitrogens with one attached hydrogen (secondary N) is 2. The van der Waals surface area contributed by atoms with E-state index in [0.717, 1.165) is 17.0 Å². The van der Waals surface area contributed by atoms with Crippen molar-refractivity contribution in [2.24, 2.45) is 0 Å². The summed E-state index contributed by atoms with van der Waals surface area (Å²) < 4.78 is 0. The summed E-state index contributed by atoms with van der Waals surface area (Å²) in [6.45, 7) is 1.99. The highest BCUT2D eigenvalue weighted by molar-refractivity contribution is 5.58. The van der Waals surface area contributed by atoms with Crippen LogP contribution in [0.25, 0.3) is 23.0 Å². The van der Waals surface area contributed by atoms with Crippen LogP contribution in [-0.2, 0) is 0 Å². The van der Waals surface area contributed by atoms with Gasteiger partial charge >= 0.3 is 0 Å². The molecule has 3 rings (SSSR count). The number of rotatable bonds is 2. The Morgan fingerprint density at radius 1 is 0.882 bits per heavy atom. The minimum atomic E-state index is 0.634. The van der Waals surface area contributed by atoms with Crippen molar-refractivity contribution in [1.82, 2.24) is 35.3 Å². The molecule has 0 radical (unpaired) electrons. The van der Waals surface area contributed by atoms with Crippen LogP contribution >= 0.6 is 0 Å². The molecule has 0 saturated carbocycles. The Labute approximate surface area is 96.4 Å². The van der Waals surface area contributed by atoms with Crippen LogP contribution in [0.1, 0.15) is 5.56 Å². The average Bonchev–Trinajstić information content (AvgIpc) is 3.02. The molecule has 0 aliphatic heterocycles. The van der Waals surface area contributed by atoms with Crippen molar-refractivity contribution in [3.63, 3.8) is 0 Å². The van der Waals surface area contributed by atoms with E-state index in [9.17, 15) is 0 Å². The van der Waals surface area contributed by atoms with Crippen molar-refractivity contribution in [2.75, 3.05) is 0 Å². The highest BCUT2D eigenvalue weighted by Crippen LogP contribution is 2.19. The normalized spacial score (nSPS) is 10.6. The molecule has 84 valence electrons. The Kier molecular flexibility index (Phi) is 2.14. The van der Waals surface area contributed by atoms with Crippen LogP contribution in [0.5, 0.6) is 0 Å². The highest BCUT2D eigenvalue weighted by Gasteiger charge is 2.08. The lowest BCUT2D eigenvalue weighted by Crippen LogP contribution is -1.93. The summed E-state index contributed by atoms with van der Waals surface area (Å²) in [4.78, 5) is 12.6. The quantitative estimate of drug-likeness (QED) is 0.679. The van der Waals surface area contributed by atoms with Crippen molar-refractivity contribution in [3.8, 4) is 23.0 Å². The minimum absolute atomic E-state index is 0.634. The molecule has 0 fully saturated rings. The number of hydrogen-bond donors (Lipinski definition) is 2. The van der Waals surface area contributed by atoms with Crippen LogP contribution in [0.3, 0.4) is 0 Å². The molecule has 0 atom stereocenters. The number of aryl methyl sites for hydroxylation is 1. The zero-order valence-corrected chi connectivity index (χ0v) is 9.05. The molecule has 2 N–H and O–H groups in total. The molecule has 0 aliphatic rings. The monoisotopic (exact) mass is 227 g/mol. The van der Waals surface area contributed by atoms with Gasteiger partial charge in [0.05, 0.1) is 0 Å². The molecule has 0 unspecified atom stereocenters. The largest absolute Gasteiger partial charge is 0.258 e. The number of H-pyrrole nitrogens is 2. The van der Waals surface area contributed by atoms with Crippen LogP contribution in [0, 0.1) is 6.92 Å². The molecule has 0 aromatic carbocycles. The van der Waals surface area contributed by atoms with E-state index in [4.69, 9.17) is 0 Å². The fraction of sp³-hybridized carbons (Fsp3) is 0.100. The van der Waals surface area contributed by atoms with Gasteiger partial charge in [0, 0.05) is 0 Å². The first-order chi connectivity index (χ1) is 8.33. The van der Waals surface area contributed by atoms with Crippen LogP contribution < -0.4 is 0 Å². The second-order valence-electron chi connectivity index (χ2n) is 3.58. The van der Waals surface area contributed by atoms with Gasteiger partial charge in [-0.15, -0.1) is 0 Å².